The van der Waals surface area contributed by atoms with Gasteiger partial charge in [-0.2, -0.15) is 10.2 Å². The van der Waals surface area contributed by atoms with Crippen LogP contribution in [-0.2, 0) is 12.8 Å². The number of hydrogen-bond acceptors (Lipinski definition) is 9. The second kappa shape index (κ2) is 18.4. The zero-order chi connectivity index (χ0) is 40.0. The smallest absolute Gasteiger partial charge is 0.169 e. The molecule has 6 heterocycles. The maximum Gasteiger partial charge on any atom is 0.169 e. The fourth-order valence-corrected chi connectivity index (χ4v) is 8.33. The van der Waals surface area contributed by atoms with E-state index in [0.717, 1.165) is 133 Å². The van der Waals surface area contributed by atoms with Crippen LogP contribution in [-0.4, -0.2) is 106 Å². The molecule has 2 saturated heterocycles. The number of rotatable bonds is 10. The lowest BCUT2D eigenvalue weighted by Crippen LogP contribution is -2.39. The summed E-state index contributed by atoms with van der Waals surface area (Å²) in [6, 6.07) is 25.1. The highest BCUT2D eigenvalue weighted by molar-refractivity contribution is 9.10. The van der Waals surface area contributed by atoms with Crippen LogP contribution in [0.4, 0.5) is 0 Å². The third-order valence-electron chi connectivity index (χ3n) is 11.3. The minimum Gasteiger partial charge on any atom is -0.392 e. The summed E-state index contributed by atoms with van der Waals surface area (Å²) in [7, 11) is 0. The molecule has 58 heavy (non-hydrogen) atoms. The van der Waals surface area contributed by atoms with Crippen LogP contribution in [0.5, 0.6) is 0 Å². The van der Waals surface area contributed by atoms with Gasteiger partial charge in [0.25, 0.3) is 0 Å². The Hall–Kier alpha value is -4.82. The van der Waals surface area contributed by atoms with Gasteiger partial charge in [0, 0.05) is 67.7 Å². The molecule has 300 valence electrons. The van der Waals surface area contributed by atoms with Crippen molar-refractivity contribution in [1.82, 2.24) is 39.0 Å². The third kappa shape index (κ3) is 9.71. The number of likely N-dealkylation sites (tertiary alicyclic amines) is 2. The number of halogens is 1. The minimum atomic E-state index is -0.513. The standard InChI is InChI=1S/C27H30N4O2.C19H21BrN4O/c1-19(32)22-4-2-5-23(14-22)26-16-29-31-17-24(15-28-27(26)31)21-9-7-20(8-10-21)11-13-30-12-3-6-25(33)18-30;20-18-11-22-24-12-16(10-21-19(18)24)15-5-3-14(4-6-15)7-9-23-8-1-2-17(25)13-23/h2,4-5,7-10,14-17,19,25,32-33H,3,6,11-13,18H2,1H3;3-6,10-12,17,25H,1-2,7-9,13H2/t19-,25?;/m1./s1. The predicted molar refractivity (Wildman–Crippen MR) is 231 cm³/mol. The molecular weight excluding hydrogens is 792 g/mol. The number of aliphatic hydroxyl groups excluding tert-OH is 3. The first-order chi connectivity index (χ1) is 28.3. The molecule has 4 aromatic heterocycles. The number of aromatic nitrogens is 6. The Labute approximate surface area is 347 Å². The maximum absolute atomic E-state index is 9.90. The second-order valence-corrected chi connectivity index (χ2v) is 16.5. The Balaban J connectivity index is 0.000000168. The lowest BCUT2D eigenvalue weighted by molar-refractivity contribution is 0.0712. The van der Waals surface area contributed by atoms with Crippen LogP contribution in [0.25, 0.3) is 44.7 Å². The van der Waals surface area contributed by atoms with Crippen molar-refractivity contribution in [2.45, 2.75) is 63.8 Å². The Morgan fingerprint density at radius 2 is 1.19 bits per heavy atom. The van der Waals surface area contributed by atoms with Crippen LogP contribution in [0.2, 0.25) is 0 Å². The quantitative estimate of drug-likeness (QED) is 0.130. The molecule has 3 N–H and O–H groups in total. The minimum absolute atomic E-state index is 0.152. The molecule has 3 atom stereocenters. The molecule has 2 fully saturated rings. The summed E-state index contributed by atoms with van der Waals surface area (Å²) in [5, 5.41) is 38.3. The van der Waals surface area contributed by atoms with E-state index in [1.54, 1.807) is 17.6 Å². The van der Waals surface area contributed by atoms with Gasteiger partial charge in [-0.3, -0.25) is 0 Å². The van der Waals surface area contributed by atoms with Crippen LogP contribution in [0.15, 0.2) is 114 Å². The molecule has 0 bridgehead atoms. The SMILES string of the molecule is C[C@@H](O)c1cccc(-c2cnn3cc(-c4ccc(CCN5CCCC(O)C5)cc4)cnc23)c1.OC1CCCN(CCc2ccc(-c3cnc4c(Br)cnn4c3)cc2)C1. The molecule has 0 spiro atoms. The van der Waals surface area contributed by atoms with E-state index >= 15 is 0 Å². The Morgan fingerprint density at radius 1 is 0.655 bits per heavy atom. The molecule has 0 aliphatic carbocycles. The van der Waals surface area contributed by atoms with Crippen molar-refractivity contribution >= 4 is 27.2 Å². The first-order valence-electron chi connectivity index (χ1n) is 20.4. The highest BCUT2D eigenvalue weighted by atomic mass is 79.9. The molecule has 3 aromatic carbocycles. The topological polar surface area (TPSA) is 128 Å². The normalized spacial score (nSPS) is 18.3. The lowest BCUT2D eigenvalue weighted by atomic mass is 10.0. The van der Waals surface area contributed by atoms with Gasteiger partial charge in [0.15, 0.2) is 11.3 Å². The van der Waals surface area contributed by atoms with Crippen molar-refractivity contribution in [2.24, 2.45) is 0 Å². The van der Waals surface area contributed by atoms with Crippen LogP contribution < -0.4 is 0 Å². The summed E-state index contributed by atoms with van der Waals surface area (Å²) in [4.78, 5) is 13.9. The molecule has 0 amide bonds. The fourth-order valence-electron chi connectivity index (χ4n) is 7.96. The van der Waals surface area contributed by atoms with Crippen LogP contribution in [0.1, 0.15) is 55.4 Å². The molecule has 2 unspecified atom stereocenters. The zero-order valence-electron chi connectivity index (χ0n) is 32.9. The number of aliphatic hydroxyl groups is 3. The number of β-amino-alcohol motifs (C(OH)–C–C–N with tert-alkyl or cyclic N) is 2. The van der Waals surface area contributed by atoms with Crippen molar-refractivity contribution < 1.29 is 15.3 Å². The lowest BCUT2D eigenvalue weighted by Gasteiger charge is -2.29. The highest BCUT2D eigenvalue weighted by Gasteiger charge is 2.18. The van der Waals surface area contributed by atoms with E-state index in [4.69, 9.17) is 4.98 Å². The molecule has 0 radical (unpaired) electrons. The Bertz CT molecular complexity index is 2430. The summed E-state index contributed by atoms with van der Waals surface area (Å²) in [5.74, 6) is 0. The molecule has 9 rings (SSSR count). The van der Waals surface area contributed by atoms with Crippen molar-refractivity contribution in [2.75, 3.05) is 39.3 Å². The van der Waals surface area contributed by atoms with Crippen LogP contribution in [0.3, 0.4) is 0 Å². The van der Waals surface area contributed by atoms with Crippen molar-refractivity contribution in [3.63, 3.8) is 0 Å². The number of fused-ring (bicyclic) bond motifs is 2. The van der Waals surface area contributed by atoms with E-state index in [-0.39, 0.29) is 12.2 Å². The van der Waals surface area contributed by atoms with Gasteiger partial charge in [-0.25, -0.2) is 19.0 Å². The molecule has 2 aliphatic heterocycles. The number of hydrogen-bond donors (Lipinski definition) is 3. The van der Waals surface area contributed by atoms with Gasteiger partial charge in [-0.05, 0) is 114 Å². The number of piperidine rings is 2. The summed E-state index contributed by atoms with van der Waals surface area (Å²) < 4.78 is 4.50. The first-order valence-corrected chi connectivity index (χ1v) is 21.1. The monoisotopic (exact) mass is 842 g/mol. The van der Waals surface area contributed by atoms with E-state index in [1.165, 1.54) is 11.1 Å². The van der Waals surface area contributed by atoms with Gasteiger partial charge in [-0.15, -0.1) is 0 Å². The van der Waals surface area contributed by atoms with Gasteiger partial charge < -0.3 is 25.1 Å². The molecule has 7 aromatic rings. The van der Waals surface area contributed by atoms with Crippen molar-refractivity contribution in [1.29, 1.82) is 0 Å². The van der Waals surface area contributed by atoms with E-state index in [9.17, 15) is 15.3 Å². The highest BCUT2D eigenvalue weighted by Crippen LogP contribution is 2.28. The van der Waals surface area contributed by atoms with E-state index < -0.39 is 6.10 Å². The molecule has 2 aliphatic rings. The molecule has 11 nitrogen and oxygen atoms in total. The number of benzene rings is 3. The first kappa shape index (κ1) is 40.0. The van der Waals surface area contributed by atoms with Gasteiger partial charge in [0.2, 0.25) is 0 Å². The third-order valence-corrected chi connectivity index (χ3v) is 11.9. The molecule has 12 heteroatoms. The molecule has 0 saturated carbocycles. The van der Waals surface area contributed by atoms with Gasteiger partial charge >= 0.3 is 0 Å². The fraction of sp³-hybridized carbons (Fsp3) is 0.348. The summed E-state index contributed by atoms with van der Waals surface area (Å²) in [6.45, 7) is 7.53. The van der Waals surface area contributed by atoms with Gasteiger partial charge in [0.05, 0.1) is 35.2 Å². The number of nitrogens with zero attached hydrogens (tertiary/aromatic N) is 8. The van der Waals surface area contributed by atoms with Gasteiger partial charge in [0.1, 0.15) is 0 Å². The largest absolute Gasteiger partial charge is 0.392 e. The summed E-state index contributed by atoms with van der Waals surface area (Å²) in [6.07, 6.45) is 16.6. The zero-order valence-corrected chi connectivity index (χ0v) is 34.5. The van der Waals surface area contributed by atoms with E-state index in [0.29, 0.717) is 0 Å². The second-order valence-electron chi connectivity index (χ2n) is 15.7. The summed E-state index contributed by atoms with van der Waals surface area (Å²) in [5.41, 5.74) is 11.4. The summed E-state index contributed by atoms with van der Waals surface area (Å²) >= 11 is 3.45. The van der Waals surface area contributed by atoms with Crippen molar-refractivity contribution in [3.05, 3.63) is 131 Å². The average molecular weight is 844 g/mol. The van der Waals surface area contributed by atoms with E-state index in [1.807, 2.05) is 59.8 Å². The van der Waals surface area contributed by atoms with Crippen LogP contribution in [0, 0.1) is 0 Å². The van der Waals surface area contributed by atoms with Gasteiger partial charge in [-0.1, -0.05) is 66.7 Å². The average Bonchev–Trinajstić information content (AvgIpc) is 3.85. The van der Waals surface area contributed by atoms with Crippen LogP contribution >= 0.6 is 15.9 Å². The molecular formula is C46H51BrN8O3. The maximum atomic E-state index is 9.90. The Kier molecular flexibility index (Phi) is 12.7. The Morgan fingerprint density at radius 3 is 1.74 bits per heavy atom. The van der Waals surface area contributed by atoms with E-state index in [2.05, 4.69) is 89.4 Å². The predicted octanol–water partition coefficient (Wildman–Crippen LogP) is 7.27. The van der Waals surface area contributed by atoms with Crippen molar-refractivity contribution in [3.8, 4) is 33.4 Å².